The Hall–Kier alpha value is -3.34. The van der Waals surface area contributed by atoms with Crippen LogP contribution in [-0.4, -0.2) is 52.2 Å². The van der Waals surface area contributed by atoms with E-state index in [1.165, 1.54) is 37.9 Å². The number of non-ortho nitro benzene ring substituents is 1. The predicted molar refractivity (Wildman–Crippen MR) is 136 cm³/mol. The third-order valence-electron chi connectivity index (χ3n) is 5.00. The molecule has 0 aliphatic rings. The van der Waals surface area contributed by atoms with Gasteiger partial charge in [0, 0.05) is 36.5 Å². The van der Waals surface area contributed by atoms with Crippen molar-refractivity contribution >= 4 is 41.0 Å². The number of anilines is 1. The zero-order valence-electron chi connectivity index (χ0n) is 20.5. The van der Waals surface area contributed by atoms with Gasteiger partial charge in [-0.3, -0.25) is 19.7 Å². The van der Waals surface area contributed by atoms with Crippen LogP contribution in [-0.2, 0) is 19.1 Å². The molecule has 0 radical (unpaired) electrons. The number of thioether (sulfide) groups is 1. The summed E-state index contributed by atoms with van der Waals surface area (Å²) in [5.74, 6) is -1.77. The average Bonchev–Trinajstić information content (AvgIpc) is 2.81. The Labute approximate surface area is 209 Å². The van der Waals surface area contributed by atoms with Gasteiger partial charge < -0.3 is 20.5 Å². The Morgan fingerprint density at radius 3 is 2.34 bits per heavy atom. The van der Waals surface area contributed by atoms with E-state index in [1.807, 2.05) is 19.9 Å². The highest BCUT2D eigenvalue weighted by molar-refractivity contribution is 8.01. The number of methoxy groups -OCH3 is 1. The largest absolute Gasteiger partial charge is 0.481 e. The lowest BCUT2D eigenvalue weighted by atomic mass is 10.1. The summed E-state index contributed by atoms with van der Waals surface area (Å²) < 4.78 is 4.81. The lowest BCUT2D eigenvalue weighted by Gasteiger charge is -2.27. The maximum absolute atomic E-state index is 12.2. The van der Waals surface area contributed by atoms with Gasteiger partial charge in [-0.25, -0.2) is 4.79 Å². The molecule has 1 aromatic rings. The smallest absolute Gasteiger partial charge is 0.341 e. The molecule has 1 unspecified atom stereocenters. The maximum atomic E-state index is 12.2. The number of carboxylic acids is 1. The van der Waals surface area contributed by atoms with Crippen LogP contribution in [0.5, 0.6) is 0 Å². The zero-order chi connectivity index (χ0) is 26.4. The minimum absolute atomic E-state index is 0.0516. The van der Waals surface area contributed by atoms with Crippen LogP contribution in [0.1, 0.15) is 46.5 Å². The summed E-state index contributed by atoms with van der Waals surface area (Å²) in [5, 5.41) is 25.2. The van der Waals surface area contributed by atoms with Crippen molar-refractivity contribution in [3.63, 3.8) is 0 Å². The van der Waals surface area contributed by atoms with Crippen molar-refractivity contribution in [1.82, 2.24) is 5.32 Å². The average molecular weight is 508 g/mol. The number of ether oxygens (including phenoxy) is 1. The van der Waals surface area contributed by atoms with Gasteiger partial charge in [0.15, 0.2) is 4.87 Å². The van der Waals surface area contributed by atoms with Crippen molar-refractivity contribution in [3.8, 4) is 0 Å². The van der Waals surface area contributed by atoms with Gasteiger partial charge in [-0.1, -0.05) is 23.3 Å². The molecule has 0 aliphatic heterocycles. The van der Waals surface area contributed by atoms with E-state index in [9.17, 15) is 24.5 Å². The number of carbonyl (C=O) groups is 3. The summed E-state index contributed by atoms with van der Waals surface area (Å²) in [5.41, 5.74) is 3.11. The van der Waals surface area contributed by atoms with Gasteiger partial charge in [0.05, 0.1) is 18.5 Å². The van der Waals surface area contributed by atoms with Gasteiger partial charge >= 0.3 is 11.9 Å². The Morgan fingerprint density at radius 2 is 1.77 bits per heavy atom. The van der Waals surface area contributed by atoms with E-state index >= 15 is 0 Å². The predicted octanol–water partition coefficient (Wildman–Crippen LogP) is 4.28. The Morgan fingerprint density at radius 1 is 1.11 bits per heavy atom. The molecule has 0 saturated carbocycles. The molecule has 0 heterocycles. The van der Waals surface area contributed by atoms with Crippen LogP contribution in [0.4, 0.5) is 11.4 Å². The number of hydrogen-bond donors (Lipinski definition) is 3. The number of amides is 1. The summed E-state index contributed by atoms with van der Waals surface area (Å²) in [4.78, 5) is 43.8. The maximum Gasteiger partial charge on any atom is 0.341 e. The quantitative estimate of drug-likeness (QED) is 0.104. The number of carbonyl (C=O) groups excluding carboxylic acids is 2. The van der Waals surface area contributed by atoms with Crippen LogP contribution >= 0.6 is 11.8 Å². The van der Waals surface area contributed by atoms with E-state index in [2.05, 4.69) is 16.7 Å². The number of nitrogens with zero attached hydrogens (tertiary/aromatic N) is 1. The fourth-order valence-corrected chi connectivity index (χ4v) is 3.99. The molecule has 1 amide bonds. The molecule has 0 saturated heterocycles. The number of benzene rings is 1. The molecule has 192 valence electrons. The van der Waals surface area contributed by atoms with E-state index in [4.69, 9.17) is 9.84 Å². The minimum atomic E-state index is -1.32. The Bertz CT molecular complexity index is 960. The monoisotopic (exact) mass is 507 g/mol. The third kappa shape index (κ3) is 11.6. The highest BCUT2D eigenvalue weighted by Crippen LogP contribution is 2.25. The van der Waals surface area contributed by atoms with Crippen molar-refractivity contribution in [2.75, 3.05) is 24.7 Å². The number of nitrogens with one attached hydrogen (secondary N) is 2. The summed E-state index contributed by atoms with van der Waals surface area (Å²) in [7, 11) is 1.23. The molecule has 0 bridgehead atoms. The number of esters is 1. The Balaban J connectivity index is 2.51. The van der Waals surface area contributed by atoms with Crippen molar-refractivity contribution in [2.45, 2.75) is 51.3 Å². The third-order valence-corrected chi connectivity index (χ3v) is 6.18. The van der Waals surface area contributed by atoms with E-state index in [1.54, 1.807) is 12.1 Å². The first-order valence-corrected chi connectivity index (χ1v) is 12.0. The molecule has 11 heteroatoms. The summed E-state index contributed by atoms with van der Waals surface area (Å²) in [6.07, 6.45) is 5.19. The molecule has 0 fully saturated rings. The van der Waals surface area contributed by atoms with E-state index < -0.39 is 27.6 Å². The normalized spacial score (nSPS) is 13.5. The van der Waals surface area contributed by atoms with Gasteiger partial charge in [-0.15, -0.1) is 11.8 Å². The lowest BCUT2D eigenvalue weighted by molar-refractivity contribution is -0.384. The second-order valence-corrected chi connectivity index (χ2v) is 9.51. The van der Waals surface area contributed by atoms with Crippen molar-refractivity contribution in [2.24, 2.45) is 0 Å². The molecule has 35 heavy (non-hydrogen) atoms. The topological polar surface area (TPSA) is 148 Å². The van der Waals surface area contributed by atoms with Crippen molar-refractivity contribution in [1.29, 1.82) is 0 Å². The van der Waals surface area contributed by atoms with Gasteiger partial charge in [0.2, 0.25) is 5.91 Å². The van der Waals surface area contributed by atoms with Crippen molar-refractivity contribution < 1.29 is 29.2 Å². The molecule has 10 nitrogen and oxygen atoms in total. The van der Waals surface area contributed by atoms with Crippen LogP contribution in [0.25, 0.3) is 0 Å². The first kappa shape index (κ1) is 29.7. The van der Waals surface area contributed by atoms with E-state index in [0.29, 0.717) is 12.3 Å². The number of nitro groups is 1. The SMILES string of the molecule is COC(=O)C(C)(NC(=O)CCC(=O)O)SCC=C(C)CCC=C(C)CNc1ccc([N+](=O)[O-])cc1. The number of rotatable bonds is 15. The van der Waals surface area contributed by atoms with Crippen LogP contribution in [0.15, 0.2) is 47.6 Å². The molecule has 0 aliphatic carbocycles. The fraction of sp³-hybridized carbons (Fsp3) is 0.458. The summed E-state index contributed by atoms with van der Waals surface area (Å²) in [6, 6.07) is 6.26. The summed E-state index contributed by atoms with van der Waals surface area (Å²) >= 11 is 1.20. The highest BCUT2D eigenvalue weighted by Gasteiger charge is 2.36. The van der Waals surface area contributed by atoms with Gasteiger partial charge in [-0.2, -0.15) is 0 Å². The van der Waals surface area contributed by atoms with Crippen LogP contribution in [0, 0.1) is 10.1 Å². The van der Waals surface area contributed by atoms with Crippen LogP contribution in [0.3, 0.4) is 0 Å². The first-order valence-electron chi connectivity index (χ1n) is 11.0. The van der Waals surface area contributed by atoms with Crippen LogP contribution in [0.2, 0.25) is 0 Å². The molecular weight excluding hydrogens is 474 g/mol. The Kier molecular flexibility index (Phi) is 12.6. The van der Waals surface area contributed by atoms with E-state index in [-0.39, 0.29) is 18.5 Å². The molecular formula is C24H33N3O7S. The number of hydrogen-bond acceptors (Lipinski definition) is 8. The molecule has 0 spiro atoms. The highest BCUT2D eigenvalue weighted by atomic mass is 32.2. The van der Waals surface area contributed by atoms with Gasteiger partial charge in [0.1, 0.15) is 0 Å². The second-order valence-electron chi connectivity index (χ2n) is 8.07. The van der Waals surface area contributed by atoms with Gasteiger partial charge in [-0.05, 0) is 45.7 Å². The molecule has 1 atom stereocenters. The molecule has 0 aromatic heterocycles. The lowest BCUT2D eigenvalue weighted by Crippen LogP contribution is -2.50. The minimum Gasteiger partial charge on any atom is -0.481 e. The molecule has 3 N–H and O–H groups in total. The number of carboxylic acid groups (broad SMARTS) is 1. The number of allylic oxidation sites excluding steroid dienone is 2. The number of nitro benzene ring substituents is 1. The number of aliphatic carboxylic acids is 1. The molecule has 1 aromatic carbocycles. The first-order chi connectivity index (χ1) is 16.5. The fourth-order valence-electron chi connectivity index (χ4n) is 2.90. The van der Waals surface area contributed by atoms with Crippen molar-refractivity contribution in [3.05, 3.63) is 57.7 Å². The zero-order valence-corrected chi connectivity index (χ0v) is 21.3. The van der Waals surface area contributed by atoms with Crippen LogP contribution < -0.4 is 10.6 Å². The molecule has 1 rings (SSSR count). The standard InChI is InChI=1S/C24H33N3O7S/c1-17(6-5-7-18(2)16-25-19-8-10-20(11-9-19)27(32)33)14-15-35-24(3,23(31)34-4)26-21(28)12-13-22(29)30/h7-11,14,25H,5-6,12-13,15-16H2,1-4H3,(H,26,28)(H,29,30). The second kappa shape index (κ2) is 14.8. The summed E-state index contributed by atoms with van der Waals surface area (Å²) in [6.45, 7) is 6.15. The van der Waals surface area contributed by atoms with E-state index in [0.717, 1.165) is 29.7 Å². The van der Waals surface area contributed by atoms with Gasteiger partial charge in [0.25, 0.3) is 5.69 Å².